The average molecular weight is 378 g/mol. The maximum Gasteiger partial charge on any atom is 0.250 e. The van der Waals surface area contributed by atoms with E-state index in [1.54, 1.807) is 11.1 Å². The molecule has 0 saturated carbocycles. The molecular formula is C21H22N4O3. The SMILES string of the molecule is C=CC(=O)N(Cc1cnn(C2CCOCC2)c1)c1ccc(-c2cnco2)cc1. The van der Waals surface area contributed by atoms with Crippen molar-refractivity contribution in [3.8, 4) is 11.3 Å². The zero-order valence-electron chi connectivity index (χ0n) is 15.5. The summed E-state index contributed by atoms with van der Waals surface area (Å²) in [4.78, 5) is 18.1. The summed E-state index contributed by atoms with van der Waals surface area (Å²) in [6, 6.07) is 7.95. The summed E-state index contributed by atoms with van der Waals surface area (Å²) < 4.78 is 12.7. The Balaban J connectivity index is 1.53. The van der Waals surface area contributed by atoms with Crippen LogP contribution in [0.2, 0.25) is 0 Å². The number of carbonyl (C=O) groups is 1. The van der Waals surface area contributed by atoms with E-state index in [0.29, 0.717) is 18.3 Å². The number of anilines is 1. The number of carbonyl (C=O) groups excluding carboxylic acids is 1. The maximum atomic E-state index is 12.5. The van der Waals surface area contributed by atoms with Crippen molar-refractivity contribution in [1.82, 2.24) is 14.8 Å². The van der Waals surface area contributed by atoms with Gasteiger partial charge in [0.1, 0.15) is 0 Å². The number of nitrogens with zero attached hydrogens (tertiary/aromatic N) is 4. The summed E-state index contributed by atoms with van der Waals surface area (Å²) in [6.07, 6.45) is 10.1. The van der Waals surface area contributed by atoms with E-state index in [1.165, 1.54) is 12.5 Å². The minimum absolute atomic E-state index is 0.161. The third kappa shape index (κ3) is 3.89. The predicted molar refractivity (Wildman–Crippen MR) is 105 cm³/mol. The molecule has 7 nitrogen and oxygen atoms in total. The largest absolute Gasteiger partial charge is 0.444 e. The van der Waals surface area contributed by atoms with Gasteiger partial charge in [-0.2, -0.15) is 5.10 Å². The van der Waals surface area contributed by atoms with Crippen LogP contribution in [0.1, 0.15) is 24.4 Å². The zero-order chi connectivity index (χ0) is 19.3. The van der Waals surface area contributed by atoms with Crippen LogP contribution >= 0.6 is 0 Å². The number of rotatable bonds is 6. The minimum atomic E-state index is -0.161. The average Bonchev–Trinajstić information content (AvgIpc) is 3.45. The molecule has 1 amide bonds. The Morgan fingerprint density at radius 2 is 2.04 bits per heavy atom. The second-order valence-electron chi connectivity index (χ2n) is 6.71. The number of ether oxygens (including phenoxy) is 1. The lowest BCUT2D eigenvalue weighted by Gasteiger charge is -2.22. The van der Waals surface area contributed by atoms with E-state index in [2.05, 4.69) is 16.7 Å². The molecule has 1 aromatic carbocycles. The summed E-state index contributed by atoms with van der Waals surface area (Å²) in [5.41, 5.74) is 2.66. The van der Waals surface area contributed by atoms with E-state index in [4.69, 9.17) is 9.15 Å². The third-order valence-electron chi connectivity index (χ3n) is 4.90. The van der Waals surface area contributed by atoms with Crippen molar-refractivity contribution in [3.05, 3.63) is 67.5 Å². The molecule has 1 fully saturated rings. The first-order valence-electron chi connectivity index (χ1n) is 9.28. The molecular weight excluding hydrogens is 356 g/mol. The lowest BCUT2D eigenvalue weighted by atomic mass is 10.1. The van der Waals surface area contributed by atoms with Crippen LogP contribution in [0.5, 0.6) is 0 Å². The molecule has 3 heterocycles. The molecule has 0 bridgehead atoms. The van der Waals surface area contributed by atoms with Crippen molar-refractivity contribution in [3.63, 3.8) is 0 Å². The van der Waals surface area contributed by atoms with Crippen molar-refractivity contribution in [2.75, 3.05) is 18.1 Å². The molecule has 0 spiro atoms. The highest BCUT2D eigenvalue weighted by Crippen LogP contribution is 2.25. The lowest BCUT2D eigenvalue weighted by molar-refractivity contribution is -0.114. The van der Waals surface area contributed by atoms with E-state index >= 15 is 0 Å². The molecule has 1 aliphatic rings. The summed E-state index contributed by atoms with van der Waals surface area (Å²) >= 11 is 0. The van der Waals surface area contributed by atoms with Crippen LogP contribution in [0, 0.1) is 0 Å². The van der Waals surface area contributed by atoms with Crippen LogP contribution in [-0.2, 0) is 16.1 Å². The maximum absolute atomic E-state index is 12.5. The van der Waals surface area contributed by atoms with Crippen molar-refractivity contribution in [2.24, 2.45) is 0 Å². The molecule has 2 aromatic heterocycles. The van der Waals surface area contributed by atoms with Crippen LogP contribution in [0.4, 0.5) is 5.69 Å². The molecule has 28 heavy (non-hydrogen) atoms. The van der Waals surface area contributed by atoms with Gasteiger partial charge in [0, 0.05) is 36.2 Å². The Labute approximate surface area is 163 Å². The fraction of sp³-hybridized carbons (Fsp3) is 0.286. The topological polar surface area (TPSA) is 73.4 Å². The van der Waals surface area contributed by atoms with Gasteiger partial charge in [-0.05, 0) is 43.2 Å². The predicted octanol–water partition coefficient (Wildman–Crippen LogP) is 3.61. The third-order valence-corrected chi connectivity index (χ3v) is 4.90. The summed E-state index contributed by atoms with van der Waals surface area (Å²) in [7, 11) is 0. The molecule has 1 saturated heterocycles. The monoisotopic (exact) mass is 378 g/mol. The second kappa shape index (κ2) is 8.22. The van der Waals surface area contributed by atoms with Gasteiger partial charge in [0.25, 0.3) is 5.91 Å². The van der Waals surface area contributed by atoms with Gasteiger partial charge in [-0.25, -0.2) is 4.98 Å². The fourth-order valence-electron chi connectivity index (χ4n) is 3.36. The van der Waals surface area contributed by atoms with Gasteiger partial charge < -0.3 is 14.1 Å². The minimum Gasteiger partial charge on any atom is -0.444 e. The first kappa shape index (κ1) is 18.2. The van der Waals surface area contributed by atoms with Crippen LogP contribution < -0.4 is 4.90 Å². The van der Waals surface area contributed by atoms with Gasteiger partial charge in [0.15, 0.2) is 12.2 Å². The van der Waals surface area contributed by atoms with E-state index < -0.39 is 0 Å². The zero-order valence-corrected chi connectivity index (χ0v) is 15.5. The standard InChI is InChI=1S/C21H22N4O3/c1-2-21(26)24(18-5-3-17(4-6-18)20-12-22-15-28-20)13-16-11-23-25(14-16)19-7-9-27-10-8-19/h2-6,11-12,14-15,19H,1,7-10,13H2. The van der Waals surface area contributed by atoms with Gasteiger partial charge in [-0.3, -0.25) is 9.48 Å². The van der Waals surface area contributed by atoms with Crippen molar-refractivity contribution in [1.29, 1.82) is 0 Å². The quantitative estimate of drug-likeness (QED) is 0.613. The molecule has 7 heteroatoms. The van der Waals surface area contributed by atoms with E-state index in [1.807, 2.05) is 41.3 Å². The number of hydrogen-bond acceptors (Lipinski definition) is 5. The molecule has 0 atom stereocenters. The summed E-state index contributed by atoms with van der Waals surface area (Å²) in [6.45, 7) is 5.59. The van der Waals surface area contributed by atoms with Gasteiger partial charge in [-0.1, -0.05) is 6.58 Å². The van der Waals surface area contributed by atoms with Crippen LogP contribution in [0.3, 0.4) is 0 Å². The fourth-order valence-corrected chi connectivity index (χ4v) is 3.36. The number of benzene rings is 1. The summed E-state index contributed by atoms with van der Waals surface area (Å²) in [5.74, 6) is 0.525. The number of oxazole rings is 1. The lowest BCUT2D eigenvalue weighted by Crippen LogP contribution is -2.28. The summed E-state index contributed by atoms with van der Waals surface area (Å²) in [5, 5.41) is 4.50. The highest BCUT2D eigenvalue weighted by atomic mass is 16.5. The van der Waals surface area contributed by atoms with E-state index in [0.717, 1.165) is 42.9 Å². The van der Waals surface area contributed by atoms with E-state index in [-0.39, 0.29) is 5.91 Å². The van der Waals surface area contributed by atoms with Gasteiger partial charge in [0.2, 0.25) is 0 Å². The highest BCUT2D eigenvalue weighted by Gasteiger charge is 2.19. The normalized spacial score (nSPS) is 14.7. The Morgan fingerprint density at radius 3 is 2.71 bits per heavy atom. The van der Waals surface area contributed by atoms with Crippen LogP contribution in [0.25, 0.3) is 11.3 Å². The Kier molecular flexibility index (Phi) is 5.34. The Bertz CT molecular complexity index is 925. The highest BCUT2D eigenvalue weighted by molar-refractivity contribution is 6.01. The van der Waals surface area contributed by atoms with Crippen LogP contribution in [-0.4, -0.2) is 33.9 Å². The van der Waals surface area contributed by atoms with Crippen LogP contribution in [0.15, 0.2) is 66.3 Å². The molecule has 0 aliphatic carbocycles. The molecule has 4 rings (SSSR count). The first-order chi connectivity index (χ1) is 13.7. The smallest absolute Gasteiger partial charge is 0.250 e. The molecule has 1 aliphatic heterocycles. The first-order valence-corrected chi connectivity index (χ1v) is 9.28. The Morgan fingerprint density at radius 1 is 1.25 bits per heavy atom. The van der Waals surface area contributed by atoms with Gasteiger partial charge >= 0.3 is 0 Å². The number of aromatic nitrogens is 3. The number of hydrogen-bond donors (Lipinski definition) is 0. The molecule has 144 valence electrons. The second-order valence-corrected chi connectivity index (χ2v) is 6.71. The van der Waals surface area contributed by atoms with E-state index in [9.17, 15) is 4.79 Å². The molecule has 0 unspecified atom stereocenters. The molecule has 0 radical (unpaired) electrons. The molecule has 3 aromatic rings. The van der Waals surface area contributed by atoms with Gasteiger partial charge in [0.05, 0.1) is 25.0 Å². The molecule has 0 N–H and O–H groups in total. The Hall–Kier alpha value is -3.19. The van der Waals surface area contributed by atoms with Gasteiger partial charge in [-0.15, -0.1) is 0 Å². The van der Waals surface area contributed by atoms with Crippen molar-refractivity contribution in [2.45, 2.75) is 25.4 Å². The number of amides is 1. The van der Waals surface area contributed by atoms with Crippen molar-refractivity contribution >= 4 is 11.6 Å². The van der Waals surface area contributed by atoms with Crippen molar-refractivity contribution < 1.29 is 13.9 Å².